The zero-order chi connectivity index (χ0) is 17.0. The van der Waals surface area contributed by atoms with Crippen LogP contribution in [0.5, 0.6) is 0 Å². The van der Waals surface area contributed by atoms with Gasteiger partial charge in [-0.3, -0.25) is 9.00 Å². The number of carbonyl (C=O) groups excluding carboxylic acids is 1. The van der Waals surface area contributed by atoms with Crippen molar-refractivity contribution >= 4 is 32.2 Å². The number of anilines is 1. The van der Waals surface area contributed by atoms with E-state index in [9.17, 15) is 17.4 Å². The molecule has 0 aliphatic carbocycles. The summed E-state index contributed by atoms with van der Waals surface area (Å²) in [5.41, 5.74) is 1.64. The number of hydrogen-bond acceptors (Lipinski definition) is 4. The molecule has 0 aliphatic heterocycles. The maximum Gasteiger partial charge on any atom is 0.255 e. The summed E-state index contributed by atoms with van der Waals surface area (Å²) in [7, 11) is -4.32. The van der Waals surface area contributed by atoms with Gasteiger partial charge in [0.1, 0.15) is 0 Å². The van der Waals surface area contributed by atoms with E-state index in [-0.39, 0.29) is 10.8 Å². The second-order valence-electron chi connectivity index (χ2n) is 5.17. The summed E-state index contributed by atoms with van der Waals surface area (Å²) >= 11 is 0. The second-order valence-corrected chi connectivity index (χ2v) is 8.62. The monoisotopic (exact) mass is 351 g/mol. The Morgan fingerprint density at radius 1 is 1.13 bits per heavy atom. The summed E-state index contributed by atoms with van der Waals surface area (Å²) in [5, 5.41) is 2.67. The topological polar surface area (TPSA) is 80.3 Å². The zero-order valence-corrected chi connectivity index (χ0v) is 14.4. The Morgan fingerprint density at radius 2 is 1.83 bits per heavy atom. The van der Waals surface area contributed by atoms with Crippen LogP contribution >= 0.6 is 0 Å². The first-order chi connectivity index (χ1) is 10.8. The summed E-state index contributed by atoms with van der Waals surface area (Å²) in [5.74, 6) is 0.0319. The number of nitrogens with one attached hydrogen (secondary N) is 1. The molecular formula is C16H17NO4S2. The lowest BCUT2D eigenvalue weighted by molar-refractivity contribution is 0.102. The van der Waals surface area contributed by atoms with Crippen molar-refractivity contribution in [2.45, 2.75) is 10.6 Å². The normalized spacial score (nSPS) is 12.6. The fourth-order valence-electron chi connectivity index (χ4n) is 2.04. The van der Waals surface area contributed by atoms with Crippen molar-refractivity contribution in [2.24, 2.45) is 0 Å². The highest BCUT2D eigenvalue weighted by molar-refractivity contribution is 7.90. The highest BCUT2D eigenvalue weighted by atomic mass is 32.2. The maximum absolute atomic E-state index is 12.3. The number of benzene rings is 2. The van der Waals surface area contributed by atoms with E-state index >= 15 is 0 Å². The molecule has 0 radical (unpaired) electrons. The molecule has 2 aromatic carbocycles. The van der Waals surface area contributed by atoms with Crippen molar-refractivity contribution in [1.82, 2.24) is 0 Å². The standard InChI is InChI=1S/C16H17NO4S2/c1-22(19)11-12-5-3-6-13(9-12)16(18)17-14-7-4-8-15(10-14)23(2,20)21/h3-10H,11H2,1-2H3,(H,17,18). The molecule has 0 heterocycles. The molecule has 0 saturated carbocycles. The molecular weight excluding hydrogens is 334 g/mol. The van der Waals surface area contributed by atoms with Gasteiger partial charge in [0.2, 0.25) is 0 Å². The average molecular weight is 351 g/mol. The van der Waals surface area contributed by atoms with Gasteiger partial charge in [0, 0.05) is 40.3 Å². The smallest absolute Gasteiger partial charge is 0.255 e. The van der Waals surface area contributed by atoms with E-state index in [1.165, 1.54) is 12.1 Å². The van der Waals surface area contributed by atoms with Crippen LogP contribution in [0.15, 0.2) is 53.4 Å². The Labute approximate surface area is 138 Å². The molecule has 1 amide bonds. The van der Waals surface area contributed by atoms with Crippen LogP contribution in [0.25, 0.3) is 0 Å². The van der Waals surface area contributed by atoms with Crippen LogP contribution in [0.3, 0.4) is 0 Å². The van der Waals surface area contributed by atoms with Gasteiger partial charge in [-0.05, 0) is 35.9 Å². The van der Waals surface area contributed by atoms with Crippen molar-refractivity contribution in [3.8, 4) is 0 Å². The zero-order valence-electron chi connectivity index (χ0n) is 12.8. The van der Waals surface area contributed by atoms with Crippen molar-refractivity contribution in [1.29, 1.82) is 0 Å². The second kappa shape index (κ2) is 7.06. The van der Waals surface area contributed by atoms with E-state index in [1.54, 1.807) is 36.6 Å². The Balaban J connectivity index is 2.21. The maximum atomic E-state index is 12.3. The molecule has 0 bridgehead atoms. The quantitative estimate of drug-likeness (QED) is 0.896. The molecule has 0 saturated heterocycles. The molecule has 0 aliphatic rings. The number of amides is 1. The first-order valence-corrected chi connectivity index (χ1v) is 10.4. The van der Waals surface area contributed by atoms with E-state index in [0.717, 1.165) is 11.8 Å². The third-order valence-corrected chi connectivity index (χ3v) is 4.93. The van der Waals surface area contributed by atoms with E-state index in [4.69, 9.17) is 0 Å². The van der Waals surface area contributed by atoms with Gasteiger partial charge in [0.15, 0.2) is 9.84 Å². The van der Waals surface area contributed by atoms with Crippen LogP contribution in [-0.2, 0) is 26.4 Å². The van der Waals surface area contributed by atoms with Crippen LogP contribution in [0.4, 0.5) is 5.69 Å². The van der Waals surface area contributed by atoms with Crippen molar-refractivity contribution < 1.29 is 17.4 Å². The van der Waals surface area contributed by atoms with E-state index in [2.05, 4.69) is 5.32 Å². The van der Waals surface area contributed by atoms with Crippen LogP contribution in [-0.4, -0.2) is 31.0 Å². The lowest BCUT2D eigenvalue weighted by Gasteiger charge is -2.08. The van der Waals surface area contributed by atoms with Gasteiger partial charge in [-0.2, -0.15) is 0 Å². The minimum Gasteiger partial charge on any atom is -0.322 e. The molecule has 5 nitrogen and oxygen atoms in total. The molecule has 1 unspecified atom stereocenters. The highest BCUT2D eigenvalue weighted by Gasteiger charge is 2.11. The van der Waals surface area contributed by atoms with Gasteiger partial charge in [0.25, 0.3) is 5.91 Å². The Hall–Kier alpha value is -1.99. The van der Waals surface area contributed by atoms with Crippen molar-refractivity contribution in [3.63, 3.8) is 0 Å². The Bertz CT molecular complexity index is 860. The summed E-state index contributed by atoms with van der Waals surface area (Å²) in [6.45, 7) is 0. The molecule has 0 spiro atoms. The average Bonchev–Trinajstić information content (AvgIpc) is 2.46. The number of rotatable bonds is 5. The van der Waals surface area contributed by atoms with Gasteiger partial charge in [-0.15, -0.1) is 0 Å². The molecule has 2 aromatic rings. The van der Waals surface area contributed by atoms with Crippen molar-refractivity contribution in [3.05, 3.63) is 59.7 Å². The molecule has 1 atom stereocenters. The first-order valence-electron chi connectivity index (χ1n) is 6.76. The van der Waals surface area contributed by atoms with E-state index in [1.807, 2.05) is 6.07 Å². The summed E-state index contributed by atoms with van der Waals surface area (Å²) < 4.78 is 34.4. The highest BCUT2D eigenvalue weighted by Crippen LogP contribution is 2.17. The Kier molecular flexibility index (Phi) is 5.33. The fraction of sp³-hybridized carbons (Fsp3) is 0.188. The molecule has 0 fully saturated rings. The van der Waals surface area contributed by atoms with E-state index < -0.39 is 20.6 Å². The number of hydrogen-bond donors (Lipinski definition) is 1. The molecule has 0 aromatic heterocycles. The van der Waals surface area contributed by atoms with Crippen LogP contribution < -0.4 is 5.32 Å². The first kappa shape index (κ1) is 17.4. The Morgan fingerprint density at radius 3 is 2.48 bits per heavy atom. The van der Waals surface area contributed by atoms with Crippen LogP contribution in [0, 0.1) is 0 Å². The van der Waals surface area contributed by atoms with Gasteiger partial charge in [-0.1, -0.05) is 18.2 Å². The van der Waals surface area contributed by atoms with Crippen LogP contribution in [0.1, 0.15) is 15.9 Å². The SMILES string of the molecule is CS(=O)Cc1cccc(C(=O)Nc2cccc(S(C)(=O)=O)c2)c1. The van der Waals surface area contributed by atoms with E-state index in [0.29, 0.717) is 17.0 Å². The van der Waals surface area contributed by atoms with Crippen molar-refractivity contribution in [2.75, 3.05) is 17.8 Å². The lowest BCUT2D eigenvalue weighted by Crippen LogP contribution is -2.12. The summed E-state index contributed by atoms with van der Waals surface area (Å²) in [4.78, 5) is 12.4. The van der Waals surface area contributed by atoms with Gasteiger partial charge >= 0.3 is 0 Å². The number of carbonyl (C=O) groups is 1. The number of sulfone groups is 1. The molecule has 122 valence electrons. The molecule has 7 heteroatoms. The molecule has 2 rings (SSSR count). The minimum absolute atomic E-state index is 0.144. The van der Waals surface area contributed by atoms with Gasteiger partial charge in [0.05, 0.1) is 4.90 Å². The summed E-state index contributed by atoms with van der Waals surface area (Å²) in [6, 6.07) is 12.9. The minimum atomic E-state index is -3.33. The molecule has 1 N–H and O–H groups in total. The van der Waals surface area contributed by atoms with Gasteiger partial charge < -0.3 is 5.32 Å². The fourth-order valence-corrected chi connectivity index (χ4v) is 3.36. The molecule has 23 heavy (non-hydrogen) atoms. The van der Waals surface area contributed by atoms with Crippen LogP contribution in [0.2, 0.25) is 0 Å². The largest absolute Gasteiger partial charge is 0.322 e. The third-order valence-electron chi connectivity index (χ3n) is 3.08. The van der Waals surface area contributed by atoms with Gasteiger partial charge in [-0.25, -0.2) is 8.42 Å². The third kappa shape index (κ3) is 5.01. The lowest BCUT2D eigenvalue weighted by atomic mass is 10.1. The predicted octanol–water partition coefficient (Wildman–Crippen LogP) is 2.22. The predicted molar refractivity (Wildman–Crippen MR) is 91.7 cm³/mol. The summed E-state index contributed by atoms with van der Waals surface area (Å²) in [6.07, 6.45) is 2.71.